The highest BCUT2D eigenvalue weighted by Crippen LogP contribution is 2.40. The number of carbonyl (C=O) groups is 2. The van der Waals surface area contributed by atoms with Crippen LogP contribution in [0.25, 0.3) is 10.9 Å². The molecule has 0 radical (unpaired) electrons. The van der Waals surface area contributed by atoms with E-state index >= 15 is 0 Å². The highest BCUT2D eigenvalue weighted by Gasteiger charge is 2.26. The Balaban J connectivity index is 2.03. The second-order valence-electron chi connectivity index (χ2n) is 6.05. The van der Waals surface area contributed by atoms with Gasteiger partial charge in [0.25, 0.3) is 5.91 Å². The first-order valence-electron chi connectivity index (χ1n) is 8.14. The number of nitrogens with zero attached hydrogens (tertiary/aromatic N) is 2. The van der Waals surface area contributed by atoms with E-state index in [1.54, 1.807) is 18.0 Å². The van der Waals surface area contributed by atoms with Crippen LogP contribution in [0, 0.1) is 0 Å². The molecule has 1 saturated carbocycles. The molecule has 0 saturated heterocycles. The van der Waals surface area contributed by atoms with E-state index in [1.165, 1.54) is 7.11 Å². The number of benzene rings is 1. The van der Waals surface area contributed by atoms with Gasteiger partial charge >= 0.3 is 5.97 Å². The summed E-state index contributed by atoms with van der Waals surface area (Å²) in [6, 6.07) is 6.08. The van der Waals surface area contributed by atoms with Crippen molar-refractivity contribution in [1.82, 2.24) is 9.47 Å². The molecule has 1 heterocycles. The third-order valence-electron chi connectivity index (χ3n) is 4.38. The van der Waals surface area contributed by atoms with E-state index in [2.05, 4.69) is 9.30 Å². The molecule has 1 aromatic heterocycles. The van der Waals surface area contributed by atoms with E-state index in [0.29, 0.717) is 23.9 Å². The largest absolute Gasteiger partial charge is 0.481 e. The molecule has 2 aromatic rings. The van der Waals surface area contributed by atoms with Gasteiger partial charge < -0.3 is 18.9 Å². The second-order valence-corrected chi connectivity index (χ2v) is 6.05. The number of aromatic nitrogens is 1. The van der Waals surface area contributed by atoms with Gasteiger partial charge in [0.1, 0.15) is 5.75 Å². The quantitative estimate of drug-likeness (QED) is 0.764. The molecule has 0 spiro atoms. The Hall–Kier alpha value is -2.50. The van der Waals surface area contributed by atoms with Crippen LogP contribution in [0.2, 0.25) is 0 Å². The first-order chi connectivity index (χ1) is 11.5. The first-order valence-corrected chi connectivity index (χ1v) is 8.14. The topological polar surface area (TPSA) is 60.8 Å². The number of ether oxygens (including phenoxy) is 2. The van der Waals surface area contributed by atoms with Crippen molar-refractivity contribution in [3.63, 3.8) is 0 Å². The Morgan fingerprint density at radius 2 is 2.08 bits per heavy atom. The lowest BCUT2D eigenvalue weighted by molar-refractivity contribution is -0.142. The molecule has 0 N–H and O–H groups in total. The Labute approximate surface area is 140 Å². The molecule has 0 aliphatic heterocycles. The van der Waals surface area contributed by atoms with Crippen molar-refractivity contribution in [2.45, 2.75) is 25.8 Å². The monoisotopic (exact) mass is 330 g/mol. The summed E-state index contributed by atoms with van der Waals surface area (Å²) in [5.74, 6) is 0.0169. The molecule has 0 unspecified atom stereocenters. The van der Waals surface area contributed by atoms with E-state index in [4.69, 9.17) is 4.74 Å². The van der Waals surface area contributed by atoms with Crippen LogP contribution in [0.4, 0.5) is 0 Å². The predicted molar refractivity (Wildman–Crippen MR) is 90.4 cm³/mol. The number of hydrogen-bond acceptors (Lipinski definition) is 4. The van der Waals surface area contributed by atoms with Crippen molar-refractivity contribution in [2.75, 3.05) is 27.3 Å². The Morgan fingerprint density at radius 3 is 2.71 bits per heavy atom. The normalized spacial score (nSPS) is 13.8. The van der Waals surface area contributed by atoms with Gasteiger partial charge in [-0.25, -0.2) is 4.79 Å². The van der Waals surface area contributed by atoms with Gasteiger partial charge in [-0.05, 0) is 38.0 Å². The number of methoxy groups -OCH3 is 1. The van der Waals surface area contributed by atoms with Crippen molar-refractivity contribution in [2.24, 2.45) is 0 Å². The molecule has 1 fully saturated rings. The Bertz CT molecular complexity index is 777. The highest BCUT2D eigenvalue weighted by molar-refractivity contribution is 6.00. The van der Waals surface area contributed by atoms with E-state index in [1.807, 2.05) is 25.3 Å². The molecule has 1 aliphatic rings. The fourth-order valence-corrected chi connectivity index (χ4v) is 2.70. The molecule has 6 nitrogen and oxygen atoms in total. The minimum Gasteiger partial charge on any atom is -0.481 e. The number of hydrogen-bond donors (Lipinski definition) is 0. The molecule has 24 heavy (non-hydrogen) atoms. The van der Waals surface area contributed by atoms with Crippen LogP contribution in [0.3, 0.4) is 0 Å². The lowest BCUT2D eigenvalue weighted by atomic mass is 10.1. The van der Waals surface area contributed by atoms with Gasteiger partial charge in [-0.3, -0.25) is 4.79 Å². The van der Waals surface area contributed by atoms with Crippen LogP contribution in [-0.4, -0.2) is 48.7 Å². The van der Waals surface area contributed by atoms with Crippen molar-refractivity contribution in [3.05, 3.63) is 30.0 Å². The first kappa shape index (κ1) is 16.4. The van der Waals surface area contributed by atoms with Gasteiger partial charge in [-0.2, -0.15) is 0 Å². The van der Waals surface area contributed by atoms with Crippen molar-refractivity contribution in [1.29, 1.82) is 0 Å². The van der Waals surface area contributed by atoms with E-state index in [-0.39, 0.29) is 12.5 Å². The molecule has 0 bridgehead atoms. The number of fused-ring (bicyclic) bond motifs is 1. The maximum absolute atomic E-state index is 12.6. The lowest BCUT2D eigenvalue weighted by Gasteiger charge is -2.16. The molecular weight excluding hydrogens is 308 g/mol. The van der Waals surface area contributed by atoms with Crippen molar-refractivity contribution < 1.29 is 19.1 Å². The fraction of sp³-hybridized carbons (Fsp3) is 0.444. The van der Waals surface area contributed by atoms with Gasteiger partial charge in [-0.1, -0.05) is 0 Å². The zero-order valence-electron chi connectivity index (χ0n) is 14.2. The predicted octanol–water partition coefficient (Wildman–Crippen LogP) is 2.62. The zero-order chi connectivity index (χ0) is 17.3. The van der Waals surface area contributed by atoms with Crippen LogP contribution < -0.4 is 4.74 Å². The van der Waals surface area contributed by atoms with Crippen LogP contribution >= 0.6 is 0 Å². The molecule has 1 aliphatic carbocycles. The smallest absolute Gasteiger partial charge is 0.343 e. The van der Waals surface area contributed by atoms with Crippen LogP contribution in [-0.2, 0) is 9.53 Å². The summed E-state index contributed by atoms with van der Waals surface area (Å²) in [5.41, 5.74) is 1.53. The standard InChI is InChI=1S/C18H22N2O4/c1-4-19(2)18(22)12-9-15-14(7-8-20(15)13-5-6-13)16(10-12)24-11-17(21)23-3/h7-10,13H,4-6,11H2,1-3H3. The molecule has 1 amide bonds. The summed E-state index contributed by atoms with van der Waals surface area (Å²) >= 11 is 0. The third-order valence-corrected chi connectivity index (χ3v) is 4.38. The number of carbonyl (C=O) groups excluding carboxylic acids is 2. The SMILES string of the molecule is CCN(C)C(=O)c1cc(OCC(=O)OC)c2ccn(C3CC3)c2c1. The van der Waals surface area contributed by atoms with Crippen molar-refractivity contribution >= 4 is 22.8 Å². The van der Waals surface area contributed by atoms with Crippen LogP contribution in [0.5, 0.6) is 5.75 Å². The molecule has 0 atom stereocenters. The van der Waals surface area contributed by atoms with Crippen LogP contribution in [0.15, 0.2) is 24.4 Å². The van der Waals surface area contributed by atoms with Gasteiger partial charge in [-0.15, -0.1) is 0 Å². The van der Waals surface area contributed by atoms with E-state index in [0.717, 1.165) is 23.7 Å². The van der Waals surface area contributed by atoms with Gasteiger partial charge in [0.05, 0.1) is 12.6 Å². The summed E-state index contributed by atoms with van der Waals surface area (Å²) in [7, 11) is 3.09. The minimum atomic E-state index is -0.452. The fourth-order valence-electron chi connectivity index (χ4n) is 2.70. The summed E-state index contributed by atoms with van der Waals surface area (Å²) in [6.45, 7) is 2.37. The number of esters is 1. The maximum atomic E-state index is 12.6. The van der Waals surface area contributed by atoms with Crippen molar-refractivity contribution in [3.8, 4) is 5.75 Å². The summed E-state index contributed by atoms with van der Waals surface area (Å²) in [6.07, 6.45) is 4.31. The molecule has 128 valence electrons. The lowest BCUT2D eigenvalue weighted by Crippen LogP contribution is -2.26. The zero-order valence-corrected chi connectivity index (χ0v) is 14.2. The molecule has 3 rings (SSSR count). The van der Waals surface area contributed by atoms with Crippen LogP contribution in [0.1, 0.15) is 36.2 Å². The summed E-state index contributed by atoms with van der Waals surface area (Å²) < 4.78 is 12.4. The highest BCUT2D eigenvalue weighted by atomic mass is 16.6. The summed E-state index contributed by atoms with van der Waals surface area (Å²) in [5, 5.41) is 0.904. The van der Waals surface area contributed by atoms with Gasteiger partial charge in [0.15, 0.2) is 6.61 Å². The second kappa shape index (κ2) is 6.55. The van der Waals surface area contributed by atoms with E-state index in [9.17, 15) is 9.59 Å². The average molecular weight is 330 g/mol. The average Bonchev–Trinajstić information content (AvgIpc) is 3.36. The minimum absolute atomic E-state index is 0.0640. The van der Waals surface area contributed by atoms with E-state index < -0.39 is 5.97 Å². The Kier molecular flexibility index (Phi) is 4.46. The molecule has 1 aromatic carbocycles. The number of amides is 1. The number of rotatable bonds is 6. The molecular formula is C18H22N2O4. The van der Waals surface area contributed by atoms with Gasteiger partial charge in [0, 0.05) is 36.8 Å². The maximum Gasteiger partial charge on any atom is 0.343 e. The third kappa shape index (κ3) is 3.09. The molecule has 6 heteroatoms. The van der Waals surface area contributed by atoms with Gasteiger partial charge in [0.2, 0.25) is 0 Å². The Morgan fingerprint density at radius 1 is 1.33 bits per heavy atom. The summed E-state index contributed by atoms with van der Waals surface area (Å²) in [4.78, 5) is 25.6.